The van der Waals surface area contributed by atoms with E-state index in [1.807, 2.05) is 0 Å². The number of ether oxygens (including phenoxy) is 1. The molecular weight excluding hydrogens is 395 g/mol. The lowest BCUT2D eigenvalue weighted by Crippen LogP contribution is -2.29. The van der Waals surface area contributed by atoms with E-state index in [0.29, 0.717) is 21.9 Å². The Morgan fingerprint density at radius 2 is 1.83 bits per heavy atom. The number of amides is 1. The molecule has 0 aliphatic carbocycles. The number of fused-ring (bicyclic) bond motifs is 2. The molecule has 0 radical (unpaired) electrons. The van der Waals surface area contributed by atoms with Gasteiger partial charge in [-0.15, -0.1) is 0 Å². The predicted octanol–water partition coefficient (Wildman–Crippen LogP) is 4.75. The average molecular weight is 413 g/mol. The second-order valence-corrected chi connectivity index (χ2v) is 7.00. The summed E-state index contributed by atoms with van der Waals surface area (Å²) in [5.41, 5.74) is 1.11. The molecule has 0 saturated heterocycles. The Bertz CT molecular complexity index is 1290. The van der Waals surface area contributed by atoms with Gasteiger partial charge in [-0.05, 0) is 42.6 Å². The van der Waals surface area contributed by atoms with E-state index in [-0.39, 0.29) is 17.3 Å². The first-order chi connectivity index (χ1) is 14.3. The molecule has 0 fully saturated rings. The number of benzene rings is 1. The van der Waals surface area contributed by atoms with Crippen molar-refractivity contribution >= 4 is 22.2 Å². The number of methoxy groups -OCH3 is 1. The lowest BCUT2D eigenvalue weighted by molar-refractivity contribution is 0.0743. The van der Waals surface area contributed by atoms with Crippen LogP contribution in [-0.4, -0.2) is 34.3 Å². The summed E-state index contributed by atoms with van der Waals surface area (Å²) >= 11 is 0. The molecular formula is C22H18F3N3O2. The van der Waals surface area contributed by atoms with Gasteiger partial charge < -0.3 is 14.0 Å². The van der Waals surface area contributed by atoms with Gasteiger partial charge in [-0.25, -0.2) is 18.2 Å². The zero-order chi connectivity index (χ0) is 21.6. The van der Waals surface area contributed by atoms with Gasteiger partial charge in [0.05, 0.1) is 24.2 Å². The molecule has 3 aromatic heterocycles. The maximum Gasteiger partial charge on any atom is 0.255 e. The van der Waals surface area contributed by atoms with Gasteiger partial charge in [-0.2, -0.15) is 0 Å². The molecule has 1 unspecified atom stereocenters. The fourth-order valence-corrected chi connectivity index (χ4v) is 3.53. The highest BCUT2D eigenvalue weighted by atomic mass is 19.2. The number of nitrogens with zero attached hydrogens (tertiary/aromatic N) is 3. The van der Waals surface area contributed by atoms with E-state index in [9.17, 15) is 18.0 Å². The van der Waals surface area contributed by atoms with Crippen LogP contribution in [0.25, 0.3) is 16.3 Å². The highest BCUT2D eigenvalue weighted by molar-refractivity contribution is 5.96. The number of aromatic nitrogens is 2. The monoisotopic (exact) mass is 413 g/mol. The molecule has 5 nitrogen and oxygen atoms in total. The number of rotatable bonds is 4. The van der Waals surface area contributed by atoms with Crippen LogP contribution in [0.5, 0.6) is 5.88 Å². The normalized spacial score (nSPS) is 12.3. The molecule has 0 aliphatic heterocycles. The third-order valence-electron chi connectivity index (χ3n) is 5.30. The molecule has 154 valence electrons. The van der Waals surface area contributed by atoms with Gasteiger partial charge >= 0.3 is 0 Å². The summed E-state index contributed by atoms with van der Waals surface area (Å²) in [5.74, 6) is -2.65. The van der Waals surface area contributed by atoms with Crippen LogP contribution in [0.1, 0.15) is 28.9 Å². The first-order valence-corrected chi connectivity index (χ1v) is 9.17. The van der Waals surface area contributed by atoms with Crippen LogP contribution in [0.2, 0.25) is 0 Å². The first kappa shape index (κ1) is 19.8. The summed E-state index contributed by atoms with van der Waals surface area (Å²) < 4.78 is 48.4. The maximum atomic E-state index is 14.0. The molecule has 0 N–H and O–H groups in total. The molecule has 8 heteroatoms. The van der Waals surface area contributed by atoms with Crippen molar-refractivity contribution in [2.24, 2.45) is 0 Å². The molecule has 4 aromatic rings. The van der Waals surface area contributed by atoms with Crippen LogP contribution in [0.4, 0.5) is 13.2 Å². The average Bonchev–Trinajstić information content (AvgIpc) is 3.18. The molecule has 3 heterocycles. The Labute approximate surface area is 170 Å². The largest absolute Gasteiger partial charge is 0.481 e. The number of carbonyl (C=O) groups excluding carboxylic acids is 1. The van der Waals surface area contributed by atoms with Crippen molar-refractivity contribution in [1.29, 1.82) is 0 Å². The van der Waals surface area contributed by atoms with Crippen molar-refractivity contribution in [3.63, 3.8) is 0 Å². The highest BCUT2D eigenvalue weighted by Crippen LogP contribution is 2.33. The van der Waals surface area contributed by atoms with Crippen LogP contribution < -0.4 is 4.74 Å². The van der Waals surface area contributed by atoms with Gasteiger partial charge in [0.1, 0.15) is 5.82 Å². The zero-order valence-corrected chi connectivity index (χ0v) is 16.5. The zero-order valence-electron chi connectivity index (χ0n) is 16.5. The minimum Gasteiger partial charge on any atom is -0.481 e. The molecule has 1 amide bonds. The number of hydrogen-bond acceptors (Lipinski definition) is 3. The van der Waals surface area contributed by atoms with E-state index >= 15 is 0 Å². The first-order valence-electron chi connectivity index (χ1n) is 9.17. The second kappa shape index (κ2) is 7.37. The molecule has 0 aliphatic rings. The molecule has 4 rings (SSSR count). The minimum absolute atomic E-state index is 0.156. The summed E-state index contributed by atoms with van der Waals surface area (Å²) in [6.45, 7) is 1.75. The Balaban J connectivity index is 1.75. The van der Waals surface area contributed by atoms with Crippen LogP contribution in [0, 0.1) is 17.5 Å². The van der Waals surface area contributed by atoms with E-state index < -0.39 is 23.5 Å². The van der Waals surface area contributed by atoms with Gasteiger partial charge in [-0.1, -0.05) is 0 Å². The van der Waals surface area contributed by atoms with Crippen LogP contribution in [0.15, 0.2) is 48.9 Å². The van der Waals surface area contributed by atoms with Gasteiger partial charge in [0.25, 0.3) is 5.91 Å². The van der Waals surface area contributed by atoms with Crippen molar-refractivity contribution in [3.8, 4) is 5.88 Å². The van der Waals surface area contributed by atoms with Crippen molar-refractivity contribution in [3.05, 3.63) is 77.5 Å². The van der Waals surface area contributed by atoms with E-state index in [1.165, 1.54) is 34.7 Å². The molecule has 0 bridgehead atoms. The highest BCUT2D eigenvalue weighted by Gasteiger charge is 2.24. The Morgan fingerprint density at radius 3 is 2.50 bits per heavy atom. The van der Waals surface area contributed by atoms with Crippen LogP contribution >= 0.6 is 0 Å². The molecule has 0 spiro atoms. The second-order valence-electron chi connectivity index (χ2n) is 7.00. The predicted molar refractivity (Wildman–Crippen MR) is 106 cm³/mol. The lowest BCUT2D eigenvalue weighted by atomic mass is 10.0. The number of carbonyl (C=O) groups is 1. The SMILES string of the molecule is COc1ncc(C(C)N(C)C(=O)c2cc3c(F)cccn3c2)c2cc(F)c(F)cc12. The van der Waals surface area contributed by atoms with Crippen molar-refractivity contribution in [2.75, 3.05) is 14.2 Å². The fraction of sp³-hybridized carbons (Fsp3) is 0.182. The van der Waals surface area contributed by atoms with Gasteiger partial charge in [0.2, 0.25) is 5.88 Å². The van der Waals surface area contributed by atoms with Crippen LogP contribution in [-0.2, 0) is 0 Å². The number of halogens is 3. The number of hydrogen-bond donors (Lipinski definition) is 0. The smallest absolute Gasteiger partial charge is 0.255 e. The molecule has 1 aromatic carbocycles. The number of pyridine rings is 2. The Morgan fingerprint density at radius 1 is 1.13 bits per heavy atom. The summed E-state index contributed by atoms with van der Waals surface area (Å²) in [4.78, 5) is 18.6. The molecule has 1 atom stereocenters. The van der Waals surface area contributed by atoms with Crippen molar-refractivity contribution in [2.45, 2.75) is 13.0 Å². The summed E-state index contributed by atoms with van der Waals surface area (Å²) in [5, 5.41) is 0.694. The Kier molecular flexibility index (Phi) is 4.85. The van der Waals surface area contributed by atoms with Crippen molar-refractivity contribution < 1.29 is 22.7 Å². The third kappa shape index (κ3) is 3.14. The van der Waals surface area contributed by atoms with E-state index in [4.69, 9.17) is 4.74 Å². The molecule has 30 heavy (non-hydrogen) atoms. The Hall–Kier alpha value is -3.55. The van der Waals surface area contributed by atoms with E-state index in [1.54, 1.807) is 32.4 Å². The van der Waals surface area contributed by atoms with Crippen molar-refractivity contribution in [1.82, 2.24) is 14.3 Å². The van der Waals surface area contributed by atoms with Crippen LogP contribution in [0.3, 0.4) is 0 Å². The quantitative estimate of drug-likeness (QED) is 0.485. The lowest BCUT2D eigenvalue weighted by Gasteiger charge is -2.26. The van der Waals surface area contributed by atoms with Gasteiger partial charge in [0.15, 0.2) is 11.6 Å². The summed E-state index contributed by atoms with van der Waals surface area (Å²) in [7, 11) is 2.97. The third-order valence-corrected chi connectivity index (χ3v) is 5.30. The standard InChI is InChI=1S/C22H18F3N3O2/c1-12(16-10-26-21(30-3)15-9-19(25)18(24)8-14(15)16)27(2)22(29)13-7-20-17(23)5-4-6-28(20)11-13/h4-12H,1-3H3. The van der Waals surface area contributed by atoms with Gasteiger partial charge in [-0.3, -0.25) is 4.79 Å². The van der Waals surface area contributed by atoms with Gasteiger partial charge in [0, 0.05) is 36.6 Å². The summed E-state index contributed by atoms with van der Waals surface area (Å²) in [6, 6.07) is 5.90. The van der Waals surface area contributed by atoms with E-state index in [0.717, 1.165) is 12.1 Å². The minimum atomic E-state index is -1.01. The maximum absolute atomic E-state index is 14.0. The molecule has 0 saturated carbocycles. The van der Waals surface area contributed by atoms with E-state index in [2.05, 4.69) is 4.98 Å². The topological polar surface area (TPSA) is 46.8 Å². The fourth-order valence-electron chi connectivity index (χ4n) is 3.53. The summed E-state index contributed by atoms with van der Waals surface area (Å²) in [6.07, 6.45) is 4.67.